The highest BCUT2D eigenvalue weighted by Crippen LogP contribution is 2.32. The van der Waals surface area contributed by atoms with Gasteiger partial charge in [-0.1, -0.05) is 31.4 Å². The maximum atomic E-state index is 12.3. The third kappa shape index (κ3) is 7.41. The molecule has 1 saturated heterocycles. The summed E-state index contributed by atoms with van der Waals surface area (Å²) in [6, 6.07) is 7.65. The second-order valence-electron chi connectivity index (χ2n) is 7.45. The molecule has 1 aromatic rings. The minimum atomic E-state index is -0.935. The third-order valence-electron chi connectivity index (χ3n) is 4.65. The van der Waals surface area contributed by atoms with E-state index < -0.39 is 24.1 Å². The van der Waals surface area contributed by atoms with Crippen LogP contribution in [0, 0.1) is 0 Å². The van der Waals surface area contributed by atoms with E-state index in [4.69, 9.17) is 28.4 Å². The molecule has 0 bridgehead atoms. The van der Waals surface area contributed by atoms with Crippen molar-refractivity contribution < 1.29 is 33.2 Å². The number of ketones is 1. The molecule has 0 aromatic heterocycles. The Morgan fingerprint density at radius 2 is 1.87 bits per heavy atom. The first-order valence-electron chi connectivity index (χ1n) is 9.99. The Kier molecular flexibility index (Phi) is 9.61. The highest BCUT2D eigenvalue weighted by atomic mass is 16.8. The molecule has 1 fully saturated rings. The molecule has 0 amide bonds. The fourth-order valence-electron chi connectivity index (χ4n) is 3.14. The van der Waals surface area contributed by atoms with Crippen LogP contribution in [0.25, 0.3) is 0 Å². The van der Waals surface area contributed by atoms with Gasteiger partial charge in [-0.05, 0) is 49.3 Å². The number of benzene rings is 1. The molecule has 1 heterocycles. The van der Waals surface area contributed by atoms with Crippen LogP contribution in [0.1, 0.15) is 19.4 Å². The number of ether oxygens (including phenoxy) is 6. The van der Waals surface area contributed by atoms with Gasteiger partial charge >= 0.3 is 0 Å². The Labute approximate surface area is 184 Å². The van der Waals surface area contributed by atoms with Crippen molar-refractivity contribution in [2.45, 2.75) is 44.6 Å². The standard InChI is InChI=1S/C24H32O7/c1-7-17(14-28-15-18-9-11-19(27-6)12-10-18)13-21(29-16-26-5)23-22(20(25)8-2)30-24(3,4)31-23/h7-13,21-23H,1-2,14-16H2,3-6H3/b17-13+/t21-,22-,23-/m0/s1. The van der Waals surface area contributed by atoms with Gasteiger partial charge in [-0.25, -0.2) is 0 Å². The smallest absolute Gasteiger partial charge is 0.186 e. The number of carbonyl (C=O) groups excluding carboxylic acids is 1. The van der Waals surface area contributed by atoms with Crippen molar-refractivity contribution in [1.29, 1.82) is 0 Å². The molecule has 0 saturated carbocycles. The van der Waals surface area contributed by atoms with Gasteiger partial charge in [0.1, 0.15) is 24.8 Å². The summed E-state index contributed by atoms with van der Waals surface area (Å²) in [4.78, 5) is 12.3. The fraction of sp³-hybridized carbons (Fsp3) is 0.458. The summed E-state index contributed by atoms with van der Waals surface area (Å²) in [5.74, 6) is -0.416. The van der Waals surface area contributed by atoms with E-state index in [2.05, 4.69) is 13.2 Å². The van der Waals surface area contributed by atoms with Crippen LogP contribution >= 0.6 is 0 Å². The van der Waals surface area contributed by atoms with E-state index in [-0.39, 0.29) is 12.6 Å². The van der Waals surface area contributed by atoms with E-state index >= 15 is 0 Å². The molecule has 0 aliphatic carbocycles. The number of carbonyl (C=O) groups is 1. The van der Waals surface area contributed by atoms with Gasteiger partial charge in [0.05, 0.1) is 20.3 Å². The maximum absolute atomic E-state index is 12.3. The van der Waals surface area contributed by atoms with Crippen LogP contribution in [-0.4, -0.2) is 57.5 Å². The van der Waals surface area contributed by atoms with Crippen LogP contribution in [-0.2, 0) is 35.1 Å². The lowest BCUT2D eigenvalue weighted by atomic mass is 10.0. The summed E-state index contributed by atoms with van der Waals surface area (Å²) in [5.41, 5.74) is 1.80. The Morgan fingerprint density at radius 3 is 2.45 bits per heavy atom. The van der Waals surface area contributed by atoms with Gasteiger partial charge < -0.3 is 28.4 Å². The zero-order valence-corrected chi connectivity index (χ0v) is 18.7. The summed E-state index contributed by atoms with van der Waals surface area (Å²) in [6.07, 6.45) is 2.60. The minimum Gasteiger partial charge on any atom is -0.497 e. The lowest BCUT2D eigenvalue weighted by molar-refractivity contribution is -0.164. The summed E-state index contributed by atoms with van der Waals surface area (Å²) in [7, 11) is 3.15. The molecule has 0 spiro atoms. The van der Waals surface area contributed by atoms with Crippen LogP contribution in [0.3, 0.4) is 0 Å². The average Bonchev–Trinajstić information content (AvgIpc) is 3.10. The molecule has 0 N–H and O–H groups in total. The van der Waals surface area contributed by atoms with Gasteiger partial charge in [-0.15, -0.1) is 0 Å². The molecule has 3 atom stereocenters. The molecule has 7 heteroatoms. The van der Waals surface area contributed by atoms with Crippen LogP contribution < -0.4 is 4.74 Å². The maximum Gasteiger partial charge on any atom is 0.186 e. The van der Waals surface area contributed by atoms with E-state index in [1.54, 1.807) is 27.0 Å². The van der Waals surface area contributed by atoms with Gasteiger partial charge in [0, 0.05) is 7.11 Å². The quantitative estimate of drug-likeness (QED) is 0.268. The lowest BCUT2D eigenvalue weighted by Gasteiger charge is -2.24. The Hall–Kier alpha value is -2.29. The molecule has 0 unspecified atom stereocenters. The molecule has 0 radical (unpaired) electrons. The number of methoxy groups -OCH3 is 2. The highest BCUT2D eigenvalue weighted by molar-refractivity contribution is 5.93. The fourth-order valence-corrected chi connectivity index (χ4v) is 3.14. The molecule has 1 aromatic carbocycles. The van der Waals surface area contributed by atoms with Gasteiger partial charge in [0.2, 0.25) is 0 Å². The van der Waals surface area contributed by atoms with Crippen molar-refractivity contribution >= 4 is 5.78 Å². The van der Waals surface area contributed by atoms with Crippen LogP contribution in [0.4, 0.5) is 0 Å². The van der Waals surface area contributed by atoms with Crippen LogP contribution in [0.15, 0.2) is 61.2 Å². The van der Waals surface area contributed by atoms with Crippen molar-refractivity contribution in [3.63, 3.8) is 0 Å². The Balaban J connectivity index is 2.11. The topological polar surface area (TPSA) is 72.5 Å². The average molecular weight is 433 g/mol. The first-order valence-corrected chi connectivity index (χ1v) is 9.99. The monoisotopic (exact) mass is 432 g/mol. The molecule has 7 nitrogen and oxygen atoms in total. The second-order valence-corrected chi connectivity index (χ2v) is 7.45. The summed E-state index contributed by atoms with van der Waals surface area (Å²) >= 11 is 0. The predicted octanol–water partition coefficient (Wildman–Crippen LogP) is 3.59. The SMILES string of the molecule is C=CC(=O)[C@@H]1OC(C)(C)O[C@H]1[C@H](/C=C(\C=C)COCc1ccc(OC)cc1)OCOC. The van der Waals surface area contributed by atoms with Gasteiger partial charge in [-0.3, -0.25) is 4.79 Å². The molecule has 1 aliphatic heterocycles. The highest BCUT2D eigenvalue weighted by Gasteiger charge is 2.47. The molecular formula is C24H32O7. The Morgan fingerprint density at radius 1 is 1.16 bits per heavy atom. The van der Waals surface area contributed by atoms with E-state index in [0.717, 1.165) is 16.9 Å². The Bertz CT molecular complexity index is 767. The first kappa shape index (κ1) is 25.0. The minimum absolute atomic E-state index is 0.0214. The zero-order valence-electron chi connectivity index (χ0n) is 18.7. The summed E-state index contributed by atoms with van der Waals surface area (Å²) in [6.45, 7) is 11.7. The molecular weight excluding hydrogens is 400 g/mol. The van der Waals surface area contributed by atoms with E-state index in [1.807, 2.05) is 30.3 Å². The summed E-state index contributed by atoms with van der Waals surface area (Å²) in [5, 5.41) is 0. The zero-order chi connectivity index (χ0) is 22.9. The van der Waals surface area contributed by atoms with Gasteiger partial charge in [0.25, 0.3) is 0 Å². The summed E-state index contributed by atoms with van der Waals surface area (Å²) < 4.78 is 33.6. The molecule has 170 valence electrons. The number of rotatable bonds is 13. The normalized spacial score (nSPS) is 21.5. The van der Waals surface area contributed by atoms with E-state index in [9.17, 15) is 4.79 Å². The second kappa shape index (κ2) is 11.9. The number of hydrogen-bond donors (Lipinski definition) is 0. The largest absolute Gasteiger partial charge is 0.497 e. The molecule has 2 rings (SSSR count). The van der Waals surface area contributed by atoms with Crippen LogP contribution in [0.5, 0.6) is 5.75 Å². The van der Waals surface area contributed by atoms with Crippen molar-refractivity contribution in [2.75, 3.05) is 27.6 Å². The van der Waals surface area contributed by atoms with Crippen molar-refractivity contribution in [2.24, 2.45) is 0 Å². The third-order valence-corrected chi connectivity index (χ3v) is 4.65. The number of hydrogen-bond acceptors (Lipinski definition) is 7. The first-order chi connectivity index (χ1) is 14.8. The van der Waals surface area contributed by atoms with Crippen LogP contribution in [0.2, 0.25) is 0 Å². The van der Waals surface area contributed by atoms with Crippen molar-refractivity contribution in [3.05, 3.63) is 66.8 Å². The van der Waals surface area contributed by atoms with Crippen molar-refractivity contribution in [1.82, 2.24) is 0 Å². The molecule has 31 heavy (non-hydrogen) atoms. The van der Waals surface area contributed by atoms with Gasteiger partial charge in [-0.2, -0.15) is 0 Å². The van der Waals surface area contributed by atoms with E-state index in [0.29, 0.717) is 13.2 Å². The van der Waals surface area contributed by atoms with E-state index in [1.165, 1.54) is 13.2 Å². The predicted molar refractivity (Wildman–Crippen MR) is 117 cm³/mol. The van der Waals surface area contributed by atoms with Crippen molar-refractivity contribution in [3.8, 4) is 5.75 Å². The molecule has 1 aliphatic rings. The lowest BCUT2D eigenvalue weighted by Crippen LogP contribution is -2.40. The van der Waals surface area contributed by atoms with Gasteiger partial charge in [0.15, 0.2) is 17.7 Å².